The maximum atomic E-state index is 11.5. The Morgan fingerprint density at radius 2 is 2.26 bits per heavy atom. The van der Waals surface area contributed by atoms with Crippen molar-refractivity contribution in [1.82, 2.24) is 10.6 Å². The molecule has 2 amide bonds. The van der Waals surface area contributed by atoms with Crippen LogP contribution in [0.4, 0.5) is 10.5 Å². The lowest BCUT2D eigenvalue weighted by Crippen LogP contribution is -2.40. The quantitative estimate of drug-likeness (QED) is 0.531. The van der Waals surface area contributed by atoms with E-state index in [4.69, 9.17) is 5.11 Å². The number of nitro groups is 1. The minimum atomic E-state index is -0.479. The molecule has 1 aromatic carbocycles. The van der Waals surface area contributed by atoms with E-state index in [9.17, 15) is 14.9 Å². The molecule has 0 aliphatic carbocycles. The van der Waals surface area contributed by atoms with Gasteiger partial charge in [0.25, 0.3) is 5.69 Å². The number of aliphatic hydroxyl groups excluding tert-OH is 1. The third-order valence-corrected chi connectivity index (χ3v) is 2.51. The molecule has 0 aromatic heterocycles. The monoisotopic (exact) mass is 267 g/mol. The van der Waals surface area contributed by atoms with E-state index in [1.165, 1.54) is 12.1 Å². The van der Waals surface area contributed by atoms with Crippen LogP contribution in [0, 0.1) is 10.1 Å². The molecule has 104 valence electrons. The first-order valence-electron chi connectivity index (χ1n) is 5.91. The summed E-state index contributed by atoms with van der Waals surface area (Å²) in [6.07, 6.45) is 0.476. The van der Waals surface area contributed by atoms with Gasteiger partial charge in [0.1, 0.15) is 0 Å². The van der Waals surface area contributed by atoms with Crippen molar-refractivity contribution in [2.75, 3.05) is 6.61 Å². The normalized spacial score (nSPS) is 11.7. The van der Waals surface area contributed by atoms with Gasteiger partial charge in [0, 0.05) is 31.3 Å². The number of non-ortho nitro benzene ring substituents is 1. The van der Waals surface area contributed by atoms with Crippen LogP contribution in [0.2, 0.25) is 0 Å². The van der Waals surface area contributed by atoms with Crippen LogP contribution in [-0.2, 0) is 6.54 Å². The number of nitrogens with one attached hydrogen (secondary N) is 2. The molecular formula is C12H17N3O4. The number of amides is 2. The number of hydrogen-bond donors (Lipinski definition) is 3. The van der Waals surface area contributed by atoms with Crippen molar-refractivity contribution >= 4 is 11.7 Å². The topological polar surface area (TPSA) is 104 Å². The van der Waals surface area contributed by atoms with Crippen molar-refractivity contribution < 1.29 is 14.8 Å². The van der Waals surface area contributed by atoms with Gasteiger partial charge in [-0.1, -0.05) is 12.1 Å². The first-order valence-corrected chi connectivity index (χ1v) is 5.91. The summed E-state index contributed by atoms with van der Waals surface area (Å²) >= 11 is 0. The molecule has 7 heteroatoms. The first-order chi connectivity index (χ1) is 9.02. The zero-order valence-electron chi connectivity index (χ0n) is 10.6. The summed E-state index contributed by atoms with van der Waals surface area (Å²) in [6.45, 7) is 1.99. The maximum Gasteiger partial charge on any atom is 0.315 e. The van der Waals surface area contributed by atoms with Gasteiger partial charge in [-0.25, -0.2) is 4.79 Å². The van der Waals surface area contributed by atoms with Gasteiger partial charge in [0.05, 0.1) is 4.92 Å². The zero-order valence-corrected chi connectivity index (χ0v) is 10.6. The summed E-state index contributed by atoms with van der Waals surface area (Å²) in [4.78, 5) is 21.6. The molecule has 0 unspecified atom stereocenters. The van der Waals surface area contributed by atoms with Crippen LogP contribution in [0.25, 0.3) is 0 Å². The van der Waals surface area contributed by atoms with E-state index in [2.05, 4.69) is 10.6 Å². The Balaban J connectivity index is 2.46. The number of nitrogens with zero attached hydrogens (tertiary/aromatic N) is 1. The van der Waals surface area contributed by atoms with Gasteiger partial charge < -0.3 is 15.7 Å². The lowest BCUT2D eigenvalue weighted by molar-refractivity contribution is -0.384. The fourth-order valence-corrected chi connectivity index (χ4v) is 1.50. The summed E-state index contributed by atoms with van der Waals surface area (Å²) in [5.74, 6) is 0. The number of carbonyl (C=O) groups is 1. The lowest BCUT2D eigenvalue weighted by Gasteiger charge is -2.13. The largest absolute Gasteiger partial charge is 0.396 e. The number of urea groups is 1. The molecule has 0 bridgehead atoms. The van der Waals surface area contributed by atoms with Crippen LogP contribution in [0.5, 0.6) is 0 Å². The van der Waals surface area contributed by atoms with Gasteiger partial charge in [0.2, 0.25) is 0 Å². The number of hydrogen-bond acceptors (Lipinski definition) is 4. The van der Waals surface area contributed by atoms with Gasteiger partial charge in [-0.05, 0) is 18.9 Å². The van der Waals surface area contributed by atoms with Gasteiger partial charge in [-0.15, -0.1) is 0 Å². The van der Waals surface area contributed by atoms with E-state index in [1.807, 2.05) is 0 Å². The van der Waals surface area contributed by atoms with Crippen LogP contribution in [0.1, 0.15) is 18.9 Å². The summed E-state index contributed by atoms with van der Waals surface area (Å²) in [5, 5.41) is 24.5. The number of carbonyl (C=O) groups excluding carboxylic acids is 1. The van der Waals surface area contributed by atoms with Gasteiger partial charge in [0.15, 0.2) is 0 Å². The van der Waals surface area contributed by atoms with Crippen molar-refractivity contribution in [3.63, 3.8) is 0 Å². The highest BCUT2D eigenvalue weighted by atomic mass is 16.6. The smallest absolute Gasteiger partial charge is 0.315 e. The van der Waals surface area contributed by atoms with Crippen molar-refractivity contribution in [1.29, 1.82) is 0 Å². The first kappa shape index (κ1) is 14.9. The maximum absolute atomic E-state index is 11.5. The van der Waals surface area contributed by atoms with E-state index < -0.39 is 4.92 Å². The highest BCUT2D eigenvalue weighted by molar-refractivity contribution is 5.74. The fourth-order valence-electron chi connectivity index (χ4n) is 1.50. The molecule has 1 aromatic rings. The van der Waals surface area contributed by atoms with E-state index in [0.717, 1.165) is 0 Å². The predicted octanol–water partition coefficient (Wildman–Crippen LogP) is 1.16. The van der Waals surface area contributed by atoms with E-state index in [1.54, 1.807) is 19.1 Å². The number of benzene rings is 1. The van der Waals surface area contributed by atoms with Crippen LogP contribution in [0.3, 0.4) is 0 Å². The molecule has 0 saturated heterocycles. The number of rotatable bonds is 6. The molecule has 0 radical (unpaired) electrons. The van der Waals surface area contributed by atoms with Crippen LogP contribution in [-0.4, -0.2) is 28.7 Å². The molecule has 3 N–H and O–H groups in total. The summed E-state index contributed by atoms with van der Waals surface area (Å²) in [6, 6.07) is 5.58. The van der Waals surface area contributed by atoms with E-state index in [0.29, 0.717) is 12.0 Å². The molecule has 0 spiro atoms. The second kappa shape index (κ2) is 7.32. The van der Waals surface area contributed by atoms with E-state index in [-0.39, 0.29) is 30.9 Å². The number of nitro benzene ring substituents is 1. The second-order valence-corrected chi connectivity index (χ2v) is 4.17. The molecule has 0 aliphatic rings. The zero-order chi connectivity index (χ0) is 14.3. The minimum absolute atomic E-state index is 0.00615. The highest BCUT2D eigenvalue weighted by Crippen LogP contribution is 2.12. The standard InChI is InChI=1S/C12H17N3O4/c1-9(5-6-16)14-12(17)13-8-10-3-2-4-11(7-10)15(18)19/h2-4,7,9,16H,5-6,8H2,1H3,(H2,13,14,17)/t9-/m1/s1. The van der Waals surface area contributed by atoms with Gasteiger partial charge >= 0.3 is 6.03 Å². The average molecular weight is 267 g/mol. The molecule has 0 aliphatic heterocycles. The summed E-state index contributed by atoms with van der Waals surface area (Å²) < 4.78 is 0. The Morgan fingerprint density at radius 3 is 2.89 bits per heavy atom. The molecular weight excluding hydrogens is 250 g/mol. The third-order valence-electron chi connectivity index (χ3n) is 2.51. The van der Waals surface area contributed by atoms with Crippen molar-refractivity contribution in [2.45, 2.75) is 25.9 Å². The number of aliphatic hydroxyl groups is 1. The fraction of sp³-hybridized carbons (Fsp3) is 0.417. The molecule has 0 fully saturated rings. The van der Waals surface area contributed by atoms with Crippen LogP contribution >= 0.6 is 0 Å². The Hall–Kier alpha value is -2.15. The molecule has 0 heterocycles. The molecule has 1 rings (SSSR count). The highest BCUT2D eigenvalue weighted by Gasteiger charge is 2.08. The van der Waals surface area contributed by atoms with Crippen molar-refractivity contribution in [3.8, 4) is 0 Å². The molecule has 1 atom stereocenters. The van der Waals surface area contributed by atoms with Crippen LogP contribution in [0.15, 0.2) is 24.3 Å². The van der Waals surface area contributed by atoms with Gasteiger partial charge in [-0.3, -0.25) is 10.1 Å². The van der Waals surface area contributed by atoms with Crippen molar-refractivity contribution in [2.24, 2.45) is 0 Å². The predicted molar refractivity (Wildman–Crippen MR) is 69.6 cm³/mol. The van der Waals surface area contributed by atoms with Gasteiger partial charge in [-0.2, -0.15) is 0 Å². The Morgan fingerprint density at radius 1 is 1.53 bits per heavy atom. The second-order valence-electron chi connectivity index (χ2n) is 4.17. The Bertz CT molecular complexity index is 450. The lowest BCUT2D eigenvalue weighted by atomic mass is 10.2. The molecule has 19 heavy (non-hydrogen) atoms. The van der Waals surface area contributed by atoms with E-state index >= 15 is 0 Å². The Labute approximate surface area is 110 Å². The van der Waals surface area contributed by atoms with Crippen molar-refractivity contribution in [3.05, 3.63) is 39.9 Å². The summed E-state index contributed by atoms with van der Waals surface area (Å²) in [7, 11) is 0. The molecule has 0 saturated carbocycles. The third kappa shape index (κ3) is 5.35. The van der Waals surface area contributed by atoms with Crippen LogP contribution < -0.4 is 10.6 Å². The SMILES string of the molecule is C[C@H](CCO)NC(=O)NCc1cccc([N+](=O)[O-])c1. The molecule has 7 nitrogen and oxygen atoms in total. The Kier molecular flexibility index (Phi) is 5.74. The summed E-state index contributed by atoms with van der Waals surface area (Å²) in [5.41, 5.74) is 0.646. The minimum Gasteiger partial charge on any atom is -0.396 e. The average Bonchev–Trinajstić information content (AvgIpc) is 2.37.